The SMILES string of the molecule is CN=C(NC1CC1Cc1ccccc1)N1CCC(N2CCOCC2)C1.I. The van der Waals surface area contributed by atoms with E-state index >= 15 is 0 Å². The fourth-order valence-corrected chi connectivity index (χ4v) is 4.20. The molecule has 6 heteroatoms. The van der Waals surface area contributed by atoms with Gasteiger partial charge in [-0.15, -0.1) is 24.0 Å². The third kappa shape index (κ3) is 4.89. The molecule has 1 aliphatic carbocycles. The normalized spacial score (nSPS) is 29.3. The van der Waals surface area contributed by atoms with Crippen molar-refractivity contribution in [3.8, 4) is 0 Å². The fraction of sp³-hybridized carbons (Fsp3) is 0.650. The maximum absolute atomic E-state index is 5.48. The molecule has 0 radical (unpaired) electrons. The van der Waals surface area contributed by atoms with Crippen molar-refractivity contribution in [2.75, 3.05) is 46.4 Å². The van der Waals surface area contributed by atoms with Crippen LogP contribution in [0, 0.1) is 5.92 Å². The summed E-state index contributed by atoms with van der Waals surface area (Å²) in [7, 11) is 1.92. The molecule has 5 nitrogen and oxygen atoms in total. The molecular weight excluding hydrogens is 439 g/mol. The number of nitrogens with zero attached hydrogens (tertiary/aromatic N) is 3. The van der Waals surface area contributed by atoms with Gasteiger partial charge in [-0.05, 0) is 30.7 Å². The van der Waals surface area contributed by atoms with Crippen molar-refractivity contribution >= 4 is 29.9 Å². The summed E-state index contributed by atoms with van der Waals surface area (Å²) in [5, 5.41) is 3.71. The first-order valence-corrected chi connectivity index (χ1v) is 9.67. The number of hydrogen-bond acceptors (Lipinski definition) is 3. The molecule has 3 fully saturated rings. The lowest BCUT2D eigenvalue weighted by atomic mass is 10.1. The molecule has 3 aliphatic rings. The topological polar surface area (TPSA) is 40.1 Å². The van der Waals surface area contributed by atoms with Gasteiger partial charge >= 0.3 is 0 Å². The van der Waals surface area contributed by atoms with Gasteiger partial charge in [-0.1, -0.05) is 30.3 Å². The van der Waals surface area contributed by atoms with Crippen LogP contribution in [0.25, 0.3) is 0 Å². The van der Waals surface area contributed by atoms with E-state index in [-0.39, 0.29) is 24.0 Å². The lowest BCUT2D eigenvalue weighted by Crippen LogP contribution is -2.47. The molecule has 1 aromatic carbocycles. The van der Waals surface area contributed by atoms with E-state index in [2.05, 4.69) is 50.4 Å². The number of rotatable bonds is 4. The predicted molar refractivity (Wildman–Crippen MR) is 116 cm³/mol. The Labute approximate surface area is 174 Å². The Kier molecular flexibility index (Phi) is 7.17. The van der Waals surface area contributed by atoms with Crippen LogP contribution in [-0.4, -0.2) is 74.3 Å². The van der Waals surface area contributed by atoms with Gasteiger partial charge in [-0.3, -0.25) is 9.89 Å². The van der Waals surface area contributed by atoms with E-state index in [0.29, 0.717) is 12.1 Å². The molecule has 144 valence electrons. The van der Waals surface area contributed by atoms with E-state index in [9.17, 15) is 0 Å². The number of ether oxygens (including phenoxy) is 1. The van der Waals surface area contributed by atoms with Gasteiger partial charge in [0.1, 0.15) is 0 Å². The molecule has 3 atom stereocenters. The Balaban J connectivity index is 0.00000196. The number of hydrogen-bond donors (Lipinski definition) is 1. The molecule has 1 saturated carbocycles. The van der Waals surface area contributed by atoms with Crippen LogP contribution >= 0.6 is 24.0 Å². The summed E-state index contributed by atoms with van der Waals surface area (Å²) in [6.45, 7) is 6.12. The zero-order valence-corrected chi connectivity index (χ0v) is 18.0. The van der Waals surface area contributed by atoms with Crippen molar-refractivity contribution in [2.24, 2.45) is 10.9 Å². The van der Waals surface area contributed by atoms with Crippen LogP contribution < -0.4 is 5.32 Å². The van der Waals surface area contributed by atoms with Crippen LogP contribution in [0.1, 0.15) is 18.4 Å². The molecule has 3 unspecified atom stereocenters. The van der Waals surface area contributed by atoms with E-state index in [4.69, 9.17) is 4.74 Å². The lowest BCUT2D eigenvalue weighted by Gasteiger charge is -2.32. The average Bonchev–Trinajstić information content (AvgIpc) is 3.19. The first-order chi connectivity index (χ1) is 12.3. The highest BCUT2D eigenvalue weighted by atomic mass is 127. The first kappa shape index (κ1) is 19.9. The van der Waals surface area contributed by atoms with Crippen molar-refractivity contribution in [3.63, 3.8) is 0 Å². The highest BCUT2D eigenvalue weighted by Gasteiger charge is 2.39. The monoisotopic (exact) mass is 470 g/mol. The minimum absolute atomic E-state index is 0. The van der Waals surface area contributed by atoms with Crippen molar-refractivity contribution in [2.45, 2.75) is 31.3 Å². The summed E-state index contributed by atoms with van der Waals surface area (Å²) >= 11 is 0. The molecule has 26 heavy (non-hydrogen) atoms. The summed E-state index contributed by atoms with van der Waals surface area (Å²) < 4.78 is 5.48. The summed E-state index contributed by atoms with van der Waals surface area (Å²) in [6.07, 6.45) is 3.67. The molecule has 2 saturated heterocycles. The largest absolute Gasteiger partial charge is 0.379 e. The van der Waals surface area contributed by atoms with Crippen LogP contribution in [0.2, 0.25) is 0 Å². The number of likely N-dealkylation sites (tertiary alicyclic amines) is 1. The van der Waals surface area contributed by atoms with Gasteiger partial charge < -0.3 is 15.0 Å². The zero-order valence-electron chi connectivity index (χ0n) is 15.6. The summed E-state index contributed by atoms with van der Waals surface area (Å²) in [5.41, 5.74) is 1.44. The second-order valence-corrected chi connectivity index (χ2v) is 7.52. The highest BCUT2D eigenvalue weighted by Crippen LogP contribution is 2.34. The van der Waals surface area contributed by atoms with E-state index in [1.807, 2.05) is 7.05 Å². The number of guanidine groups is 1. The van der Waals surface area contributed by atoms with Gasteiger partial charge in [-0.25, -0.2) is 0 Å². The Morgan fingerprint density at radius 2 is 1.96 bits per heavy atom. The number of nitrogens with one attached hydrogen (secondary N) is 1. The highest BCUT2D eigenvalue weighted by molar-refractivity contribution is 14.0. The molecule has 0 amide bonds. The van der Waals surface area contributed by atoms with Gasteiger partial charge in [-0.2, -0.15) is 0 Å². The third-order valence-electron chi connectivity index (χ3n) is 5.81. The maximum atomic E-state index is 5.48. The average molecular weight is 470 g/mol. The summed E-state index contributed by atoms with van der Waals surface area (Å²) in [4.78, 5) is 9.59. The van der Waals surface area contributed by atoms with Gasteiger partial charge in [0.25, 0.3) is 0 Å². The molecule has 4 rings (SSSR count). The van der Waals surface area contributed by atoms with E-state index in [1.54, 1.807) is 0 Å². The molecule has 2 aliphatic heterocycles. The van der Waals surface area contributed by atoms with Crippen LogP contribution in [0.5, 0.6) is 0 Å². The molecule has 1 aromatic rings. The minimum Gasteiger partial charge on any atom is -0.379 e. The smallest absolute Gasteiger partial charge is 0.193 e. The molecule has 0 bridgehead atoms. The quantitative estimate of drug-likeness (QED) is 0.417. The standard InChI is InChI=1S/C20H30N4O.HI/c1-21-20(22-19-14-17(19)13-16-5-3-2-4-6-16)24-8-7-18(15-24)23-9-11-25-12-10-23;/h2-6,17-19H,7-15H2,1H3,(H,21,22);1H. The zero-order chi connectivity index (χ0) is 17.1. The van der Waals surface area contributed by atoms with Crippen molar-refractivity contribution < 1.29 is 4.74 Å². The first-order valence-electron chi connectivity index (χ1n) is 9.67. The number of benzene rings is 1. The van der Waals surface area contributed by atoms with Crippen LogP contribution in [0.15, 0.2) is 35.3 Å². The van der Waals surface area contributed by atoms with Gasteiger partial charge in [0, 0.05) is 45.3 Å². The lowest BCUT2D eigenvalue weighted by molar-refractivity contribution is 0.0195. The van der Waals surface area contributed by atoms with Crippen LogP contribution in [0.4, 0.5) is 0 Å². The minimum atomic E-state index is 0. The van der Waals surface area contributed by atoms with Crippen LogP contribution in [0.3, 0.4) is 0 Å². The molecular formula is C20H31IN4O. The molecule has 2 heterocycles. The third-order valence-corrected chi connectivity index (χ3v) is 5.81. The maximum Gasteiger partial charge on any atom is 0.193 e. The number of halogens is 1. The Bertz CT molecular complexity index is 591. The van der Waals surface area contributed by atoms with Gasteiger partial charge in [0.15, 0.2) is 5.96 Å². The second kappa shape index (κ2) is 9.37. The molecule has 0 aromatic heterocycles. The number of aliphatic imine (C=N–C) groups is 1. The predicted octanol–water partition coefficient (Wildman–Crippen LogP) is 2.22. The molecule has 1 N–H and O–H groups in total. The Morgan fingerprint density at radius 1 is 1.19 bits per heavy atom. The van der Waals surface area contributed by atoms with E-state index < -0.39 is 0 Å². The Hall–Kier alpha value is -0.860. The number of morpholine rings is 1. The van der Waals surface area contributed by atoms with Crippen molar-refractivity contribution in [1.29, 1.82) is 0 Å². The van der Waals surface area contributed by atoms with Gasteiger partial charge in [0.05, 0.1) is 13.2 Å². The second-order valence-electron chi connectivity index (χ2n) is 7.52. The van der Waals surface area contributed by atoms with Crippen LogP contribution in [-0.2, 0) is 11.2 Å². The summed E-state index contributed by atoms with van der Waals surface area (Å²) in [6, 6.07) is 12.1. The Morgan fingerprint density at radius 3 is 2.69 bits per heavy atom. The fourth-order valence-electron chi connectivity index (χ4n) is 4.20. The summed E-state index contributed by atoms with van der Waals surface area (Å²) in [5.74, 6) is 1.84. The van der Waals surface area contributed by atoms with Gasteiger partial charge in [0.2, 0.25) is 0 Å². The van der Waals surface area contributed by atoms with Crippen molar-refractivity contribution in [1.82, 2.24) is 15.1 Å². The van der Waals surface area contributed by atoms with E-state index in [1.165, 1.54) is 24.8 Å². The van der Waals surface area contributed by atoms with E-state index in [0.717, 1.165) is 51.3 Å². The molecule has 0 spiro atoms. The van der Waals surface area contributed by atoms with Crippen molar-refractivity contribution in [3.05, 3.63) is 35.9 Å².